The van der Waals surface area contributed by atoms with Crippen LogP contribution in [0.4, 0.5) is 0 Å². The molecule has 4 rings (SSSR count). The number of thiazole rings is 1. The Balaban J connectivity index is 1.69. The van der Waals surface area contributed by atoms with Crippen molar-refractivity contribution in [3.05, 3.63) is 96.1 Å². The first-order valence-corrected chi connectivity index (χ1v) is 12.7. The largest absolute Gasteiger partial charge is 0.481 e. The van der Waals surface area contributed by atoms with Crippen LogP contribution in [0, 0.1) is 5.41 Å². The number of thioether (sulfide) groups is 1. The van der Waals surface area contributed by atoms with Crippen molar-refractivity contribution in [3.8, 4) is 0 Å². The van der Waals surface area contributed by atoms with Gasteiger partial charge in [0.25, 0.3) is 0 Å². The van der Waals surface area contributed by atoms with Crippen LogP contribution in [0.5, 0.6) is 0 Å². The molecule has 1 atom stereocenters. The van der Waals surface area contributed by atoms with Crippen LogP contribution in [0.1, 0.15) is 25.0 Å². The zero-order valence-corrected chi connectivity index (χ0v) is 20.7. The van der Waals surface area contributed by atoms with Crippen LogP contribution < -0.4 is 0 Å². The van der Waals surface area contributed by atoms with Crippen molar-refractivity contribution >= 4 is 45.2 Å². The zero-order chi connectivity index (χ0) is 24.1. The van der Waals surface area contributed by atoms with E-state index in [0.717, 1.165) is 21.3 Å². The second-order valence-corrected chi connectivity index (χ2v) is 11.0. The first kappa shape index (κ1) is 24.0. The third-order valence-corrected chi connectivity index (χ3v) is 8.36. The maximum Gasteiger partial charge on any atom is 0.310 e. The van der Waals surface area contributed by atoms with Crippen LogP contribution in [0.3, 0.4) is 0 Å². The van der Waals surface area contributed by atoms with Crippen molar-refractivity contribution in [3.63, 3.8) is 0 Å². The summed E-state index contributed by atoms with van der Waals surface area (Å²) in [5, 5.41) is 9.19. The fourth-order valence-corrected chi connectivity index (χ4v) is 6.05. The highest BCUT2D eigenvalue weighted by molar-refractivity contribution is 8.02. The summed E-state index contributed by atoms with van der Waals surface area (Å²) in [4.78, 5) is 32.7. The number of amides is 1. The monoisotopic (exact) mass is 490 g/mol. The number of carbonyl (C=O) groups is 2. The number of benzene rings is 3. The van der Waals surface area contributed by atoms with Crippen LogP contribution in [-0.4, -0.2) is 32.1 Å². The molecule has 0 saturated carbocycles. The number of aromatic nitrogens is 1. The minimum atomic E-state index is -1.30. The normalized spacial score (nSPS) is 12.4. The molecule has 174 valence electrons. The van der Waals surface area contributed by atoms with E-state index in [2.05, 4.69) is 4.98 Å². The van der Waals surface area contributed by atoms with E-state index in [4.69, 9.17) is 0 Å². The van der Waals surface area contributed by atoms with E-state index in [1.54, 1.807) is 18.7 Å². The number of aliphatic carboxylic acids is 1. The second kappa shape index (κ2) is 10.4. The molecular formula is C27H26N2O3S2. The molecule has 1 aromatic heterocycles. The van der Waals surface area contributed by atoms with Crippen LogP contribution in [0.25, 0.3) is 10.2 Å². The number of carbonyl (C=O) groups excluding carboxylic acids is 1. The van der Waals surface area contributed by atoms with Gasteiger partial charge in [0.2, 0.25) is 5.91 Å². The van der Waals surface area contributed by atoms with Gasteiger partial charge in [0.1, 0.15) is 5.25 Å². The van der Waals surface area contributed by atoms with Gasteiger partial charge in [-0.25, -0.2) is 4.98 Å². The van der Waals surface area contributed by atoms with E-state index in [1.807, 2.05) is 84.9 Å². The molecule has 3 aromatic carbocycles. The van der Waals surface area contributed by atoms with E-state index in [1.165, 1.54) is 23.1 Å². The lowest BCUT2D eigenvalue weighted by Gasteiger charge is -2.33. The Morgan fingerprint density at radius 2 is 1.44 bits per heavy atom. The lowest BCUT2D eigenvalue weighted by atomic mass is 9.88. The van der Waals surface area contributed by atoms with Crippen molar-refractivity contribution in [2.24, 2.45) is 5.41 Å². The van der Waals surface area contributed by atoms with E-state index in [9.17, 15) is 14.7 Å². The molecule has 1 unspecified atom stereocenters. The van der Waals surface area contributed by atoms with E-state index in [-0.39, 0.29) is 5.91 Å². The number of hydrogen-bond donors (Lipinski definition) is 1. The van der Waals surface area contributed by atoms with Crippen LogP contribution in [0.15, 0.2) is 89.3 Å². The highest BCUT2D eigenvalue weighted by Crippen LogP contribution is 2.40. The van der Waals surface area contributed by atoms with E-state index >= 15 is 0 Å². The Hall–Kier alpha value is -3.16. The fourth-order valence-electron chi connectivity index (χ4n) is 3.61. The van der Waals surface area contributed by atoms with Gasteiger partial charge >= 0.3 is 5.97 Å². The number of carboxylic acids is 1. The third kappa shape index (κ3) is 5.48. The first-order valence-electron chi connectivity index (χ1n) is 11.0. The predicted octanol–water partition coefficient (Wildman–Crippen LogP) is 6.10. The number of nitrogens with zero attached hydrogens (tertiary/aromatic N) is 2. The maximum atomic E-state index is 14.0. The van der Waals surface area contributed by atoms with Gasteiger partial charge < -0.3 is 10.0 Å². The minimum Gasteiger partial charge on any atom is -0.481 e. The fraction of sp³-hybridized carbons (Fsp3) is 0.222. The Morgan fingerprint density at radius 1 is 0.912 bits per heavy atom. The molecule has 0 fully saturated rings. The molecule has 0 aliphatic carbocycles. The van der Waals surface area contributed by atoms with Gasteiger partial charge in [-0.3, -0.25) is 9.59 Å². The molecule has 0 saturated heterocycles. The number of carboxylic acid groups (broad SMARTS) is 1. The number of fused-ring (bicyclic) bond motifs is 1. The van der Waals surface area contributed by atoms with Gasteiger partial charge in [-0.2, -0.15) is 0 Å². The SMILES string of the molecule is CC(C)(C(=O)O)C(Sc1nc2ccccc2s1)C(=O)N(Cc1ccccc1)Cc1ccccc1. The van der Waals surface area contributed by atoms with Crippen molar-refractivity contribution in [1.29, 1.82) is 0 Å². The molecule has 1 heterocycles. The van der Waals surface area contributed by atoms with E-state index < -0.39 is 16.6 Å². The number of rotatable bonds is 9. The topological polar surface area (TPSA) is 70.5 Å². The Morgan fingerprint density at radius 3 is 1.97 bits per heavy atom. The molecule has 5 nitrogen and oxygen atoms in total. The molecule has 34 heavy (non-hydrogen) atoms. The predicted molar refractivity (Wildman–Crippen MR) is 138 cm³/mol. The summed E-state index contributed by atoms with van der Waals surface area (Å²) < 4.78 is 1.70. The summed E-state index contributed by atoms with van der Waals surface area (Å²) in [6.07, 6.45) is 0. The lowest BCUT2D eigenvalue weighted by molar-refractivity contribution is -0.151. The molecule has 1 N–H and O–H groups in total. The summed E-state index contributed by atoms with van der Waals surface area (Å²) in [5.74, 6) is -1.23. The van der Waals surface area contributed by atoms with Gasteiger partial charge in [-0.05, 0) is 37.1 Å². The average molecular weight is 491 g/mol. The first-order chi connectivity index (χ1) is 16.3. The molecule has 1 amide bonds. The van der Waals surface area contributed by atoms with Gasteiger partial charge in [0.15, 0.2) is 4.34 Å². The standard InChI is InChI=1S/C27H26N2O3S2/c1-27(2,25(31)32)23(34-26-28-21-15-9-10-16-22(21)33-26)24(30)29(17-19-11-5-3-6-12-19)18-20-13-7-4-8-14-20/h3-16,23H,17-18H2,1-2H3,(H,31,32). The lowest BCUT2D eigenvalue weighted by Crippen LogP contribution is -2.47. The molecule has 0 bridgehead atoms. The summed E-state index contributed by atoms with van der Waals surface area (Å²) >= 11 is 2.72. The number of para-hydroxylation sites is 1. The molecule has 0 aliphatic heterocycles. The Labute approximate surface area is 207 Å². The minimum absolute atomic E-state index is 0.218. The van der Waals surface area contributed by atoms with Gasteiger partial charge in [0.05, 0.1) is 15.6 Å². The maximum absolute atomic E-state index is 14.0. The summed E-state index contributed by atoms with van der Waals surface area (Å²) in [6.45, 7) is 4.01. The highest BCUT2D eigenvalue weighted by Gasteiger charge is 2.44. The van der Waals surface area contributed by atoms with Crippen molar-refractivity contribution in [1.82, 2.24) is 9.88 Å². The molecule has 4 aromatic rings. The van der Waals surface area contributed by atoms with Gasteiger partial charge in [0, 0.05) is 13.1 Å². The zero-order valence-electron chi connectivity index (χ0n) is 19.0. The highest BCUT2D eigenvalue weighted by atomic mass is 32.2. The van der Waals surface area contributed by atoms with Gasteiger partial charge in [-0.15, -0.1) is 11.3 Å². The molecular weight excluding hydrogens is 464 g/mol. The third-order valence-electron chi connectivity index (χ3n) is 5.67. The van der Waals surface area contributed by atoms with Crippen molar-refractivity contribution in [2.75, 3.05) is 0 Å². The molecule has 7 heteroatoms. The summed E-state index contributed by atoms with van der Waals surface area (Å²) in [6, 6.07) is 27.3. The van der Waals surface area contributed by atoms with E-state index in [0.29, 0.717) is 17.4 Å². The van der Waals surface area contributed by atoms with Gasteiger partial charge in [-0.1, -0.05) is 84.6 Å². The smallest absolute Gasteiger partial charge is 0.310 e. The number of hydrogen-bond acceptors (Lipinski definition) is 5. The van der Waals surface area contributed by atoms with Crippen molar-refractivity contribution < 1.29 is 14.7 Å². The molecule has 0 radical (unpaired) electrons. The quantitative estimate of drug-likeness (QED) is 0.287. The van der Waals surface area contributed by atoms with Crippen LogP contribution >= 0.6 is 23.1 Å². The van der Waals surface area contributed by atoms with Crippen LogP contribution in [0.2, 0.25) is 0 Å². The van der Waals surface area contributed by atoms with Crippen LogP contribution in [-0.2, 0) is 22.7 Å². The van der Waals surface area contributed by atoms with Crippen molar-refractivity contribution in [2.45, 2.75) is 36.5 Å². The second-order valence-electron chi connectivity index (χ2n) is 8.64. The summed E-state index contributed by atoms with van der Waals surface area (Å²) in [5.41, 5.74) is 1.53. The Kier molecular flexibility index (Phi) is 7.34. The molecule has 0 aliphatic rings. The molecule has 0 spiro atoms. The summed E-state index contributed by atoms with van der Waals surface area (Å²) in [7, 11) is 0. The Bertz CT molecular complexity index is 1200. The average Bonchev–Trinajstić information content (AvgIpc) is 3.25.